The Kier molecular flexibility index (Phi) is 3.14. The number of benzene rings is 1. The summed E-state index contributed by atoms with van der Waals surface area (Å²) in [4.78, 5) is 0. The highest BCUT2D eigenvalue weighted by Crippen LogP contribution is 2.37. The summed E-state index contributed by atoms with van der Waals surface area (Å²) in [6.07, 6.45) is 1.67. The van der Waals surface area contributed by atoms with Gasteiger partial charge in [-0.15, -0.1) is 0 Å². The van der Waals surface area contributed by atoms with Crippen molar-refractivity contribution in [3.05, 3.63) is 46.6 Å². The number of nitrogens with two attached hydrogens (primary N) is 1. The molecule has 0 aliphatic carbocycles. The quantitative estimate of drug-likeness (QED) is 0.772. The maximum atomic E-state index is 6.18. The second-order valence-corrected chi connectivity index (χ2v) is 5.59. The number of furan rings is 1. The van der Waals surface area contributed by atoms with Crippen LogP contribution in [0.15, 0.2) is 45.5 Å². The van der Waals surface area contributed by atoms with E-state index >= 15 is 0 Å². The molecule has 0 spiro atoms. The van der Waals surface area contributed by atoms with Crippen LogP contribution < -0.4 is 5.73 Å². The molecule has 0 aliphatic rings. The Labute approximate surface area is 125 Å². The fourth-order valence-electron chi connectivity index (χ4n) is 2.21. The van der Waals surface area contributed by atoms with Gasteiger partial charge in [0.25, 0.3) is 0 Å². The molecule has 0 unspecified atom stereocenters. The first-order chi connectivity index (χ1) is 9.58. The first kappa shape index (κ1) is 13.0. The molecule has 0 amide bonds. The minimum absolute atomic E-state index is 0.623. The van der Waals surface area contributed by atoms with Crippen LogP contribution in [0.1, 0.15) is 5.56 Å². The van der Waals surface area contributed by atoms with Gasteiger partial charge >= 0.3 is 0 Å². The van der Waals surface area contributed by atoms with Gasteiger partial charge in [0.05, 0.1) is 11.8 Å². The zero-order chi connectivity index (χ0) is 14.3. The molecule has 2 heterocycles. The molecule has 0 fully saturated rings. The van der Waals surface area contributed by atoms with Crippen molar-refractivity contribution in [3.63, 3.8) is 0 Å². The van der Waals surface area contributed by atoms with Crippen LogP contribution in [0.3, 0.4) is 0 Å². The van der Waals surface area contributed by atoms with Gasteiger partial charge < -0.3 is 10.2 Å². The molecule has 0 bridgehead atoms. The minimum Gasteiger partial charge on any atom is -0.462 e. The fourth-order valence-corrected chi connectivity index (χ4v) is 2.48. The van der Waals surface area contributed by atoms with E-state index in [1.807, 2.05) is 44.3 Å². The van der Waals surface area contributed by atoms with Gasteiger partial charge in [-0.05, 0) is 36.2 Å². The smallest absolute Gasteiger partial charge is 0.157 e. The van der Waals surface area contributed by atoms with Crippen LogP contribution in [0.25, 0.3) is 22.6 Å². The molecular weight excluding hydrogens is 318 g/mol. The van der Waals surface area contributed by atoms with Crippen LogP contribution in [0.4, 0.5) is 5.82 Å². The second-order valence-electron chi connectivity index (χ2n) is 4.67. The van der Waals surface area contributed by atoms with E-state index in [0.29, 0.717) is 5.82 Å². The van der Waals surface area contributed by atoms with Crippen LogP contribution in [-0.4, -0.2) is 9.78 Å². The van der Waals surface area contributed by atoms with Crippen molar-refractivity contribution in [2.75, 3.05) is 5.73 Å². The van der Waals surface area contributed by atoms with Crippen LogP contribution in [0.2, 0.25) is 0 Å². The molecular formula is C15H14BrN3O. The Morgan fingerprint density at radius 3 is 2.50 bits per heavy atom. The highest BCUT2D eigenvalue weighted by atomic mass is 79.9. The number of nitrogens with zero attached hydrogens (tertiary/aromatic N) is 2. The van der Waals surface area contributed by atoms with Gasteiger partial charge in [-0.3, -0.25) is 4.68 Å². The first-order valence-electron chi connectivity index (χ1n) is 6.21. The number of hydrogen-bond donors (Lipinski definition) is 1. The molecule has 0 saturated heterocycles. The molecule has 102 valence electrons. The average Bonchev–Trinajstić information content (AvgIpc) is 2.96. The summed E-state index contributed by atoms with van der Waals surface area (Å²) in [6.45, 7) is 2.00. The fraction of sp³-hybridized carbons (Fsp3) is 0.133. The molecule has 3 aromatic rings. The van der Waals surface area contributed by atoms with E-state index in [1.54, 1.807) is 10.9 Å². The van der Waals surface area contributed by atoms with Crippen LogP contribution in [0.5, 0.6) is 0 Å². The SMILES string of the molecule is Cc1ccoc1-c1nn(C)c(N)c1-c1ccc(Br)cc1. The summed E-state index contributed by atoms with van der Waals surface area (Å²) < 4.78 is 8.27. The summed E-state index contributed by atoms with van der Waals surface area (Å²) >= 11 is 3.44. The highest BCUT2D eigenvalue weighted by molar-refractivity contribution is 9.10. The molecule has 0 saturated carbocycles. The minimum atomic E-state index is 0.623. The van der Waals surface area contributed by atoms with Crippen LogP contribution in [-0.2, 0) is 7.05 Å². The van der Waals surface area contributed by atoms with E-state index in [1.165, 1.54) is 0 Å². The number of anilines is 1. The van der Waals surface area contributed by atoms with Gasteiger partial charge in [0.2, 0.25) is 0 Å². The van der Waals surface area contributed by atoms with Gasteiger partial charge in [-0.25, -0.2) is 0 Å². The van der Waals surface area contributed by atoms with Crippen LogP contribution >= 0.6 is 15.9 Å². The third-order valence-electron chi connectivity index (χ3n) is 3.30. The van der Waals surface area contributed by atoms with Gasteiger partial charge in [0.1, 0.15) is 11.5 Å². The lowest BCUT2D eigenvalue weighted by molar-refractivity contribution is 0.576. The molecule has 5 heteroatoms. The summed E-state index contributed by atoms with van der Waals surface area (Å²) in [7, 11) is 1.83. The Morgan fingerprint density at radius 2 is 1.90 bits per heavy atom. The number of aromatic nitrogens is 2. The molecule has 2 N–H and O–H groups in total. The highest BCUT2D eigenvalue weighted by Gasteiger charge is 2.20. The lowest BCUT2D eigenvalue weighted by Crippen LogP contribution is -1.97. The van der Waals surface area contributed by atoms with Gasteiger partial charge in [-0.1, -0.05) is 28.1 Å². The Bertz CT molecular complexity index is 756. The predicted octanol–water partition coefficient (Wildman–Crippen LogP) is 4.00. The second kappa shape index (κ2) is 4.83. The third-order valence-corrected chi connectivity index (χ3v) is 3.83. The molecule has 4 nitrogen and oxygen atoms in total. The summed E-state index contributed by atoms with van der Waals surface area (Å²) in [5.41, 5.74) is 9.91. The predicted molar refractivity (Wildman–Crippen MR) is 83.2 cm³/mol. The maximum Gasteiger partial charge on any atom is 0.157 e. The van der Waals surface area contributed by atoms with E-state index in [4.69, 9.17) is 10.2 Å². The Morgan fingerprint density at radius 1 is 1.20 bits per heavy atom. The molecule has 3 rings (SSSR count). The molecule has 0 radical (unpaired) electrons. The monoisotopic (exact) mass is 331 g/mol. The van der Waals surface area contributed by atoms with E-state index in [9.17, 15) is 0 Å². The largest absolute Gasteiger partial charge is 0.462 e. The lowest BCUT2D eigenvalue weighted by atomic mass is 10.0. The third kappa shape index (κ3) is 2.04. The Hall–Kier alpha value is -2.01. The Balaban J connectivity index is 2.25. The summed E-state index contributed by atoms with van der Waals surface area (Å²) in [6, 6.07) is 9.92. The molecule has 2 aromatic heterocycles. The number of halogens is 1. The van der Waals surface area contributed by atoms with E-state index in [-0.39, 0.29) is 0 Å². The van der Waals surface area contributed by atoms with Crippen molar-refractivity contribution < 1.29 is 4.42 Å². The summed E-state index contributed by atoms with van der Waals surface area (Å²) in [5.74, 6) is 1.38. The van der Waals surface area contributed by atoms with E-state index < -0.39 is 0 Å². The van der Waals surface area contributed by atoms with Crippen LogP contribution in [0, 0.1) is 6.92 Å². The van der Waals surface area contributed by atoms with Gasteiger partial charge in [0, 0.05) is 11.5 Å². The normalized spacial score (nSPS) is 10.9. The van der Waals surface area contributed by atoms with Crippen molar-refractivity contribution in [1.82, 2.24) is 9.78 Å². The van der Waals surface area contributed by atoms with Crippen molar-refractivity contribution in [3.8, 4) is 22.6 Å². The molecule has 0 aliphatic heterocycles. The van der Waals surface area contributed by atoms with Crippen molar-refractivity contribution in [2.45, 2.75) is 6.92 Å². The number of hydrogen-bond acceptors (Lipinski definition) is 3. The van der Waals surface area contributed by atoms with E-state index in [2.05, 4.69) is 21.0 Å². The van der Waals surface area contributed by atoms with Crippen molar-refractivity contribution in [2.24, 2.45) is 7.05 Å². The standard InChI is InChI=1S/C15H14BrN3O/c1-9-7-8-20-14(9)13-12(15(17)19(2)18-13)10-3-5-11(16)6-4-10/h3-8H,17H2,1-2H3. The summed E-state index contributed by atoms with van der Waals surface area (Å²) in [5, 5.41) is 4.50. The zero-order valence-electron chi connectivity index (χ0n) is 11.2. The molecule has 1 aromatic carbocycles. The molecule has 20 heavy (non-hydrogen) atoms. The first-order valence-corrected chi connectivity index (χ1v) is 7.00. The number of rotatable bonds is 2. The zero-order valence-corrected chi connectivity index (χ0v) is 12.8. The maximum absolute atomic E-state index is 6.18. The lowest BCUT2D eigenvalue weighted by Gasteiger charge is -2.04. The van der Waals surface area contributed by atoms with Gasteiger partial charge in [0.15, 0.2) is 5.76 Å². The topological polar surface area (TPSA) is 57.0 Å². The van der Waals surface area contributed by atoms with Crippen molar-refractivity contribution in [1.29, 1.82) is 0 Å². The molecule has 0 atom stereocenters. The van der Waals surface area contributed by atoms with E-state index in [0.717, 1.165) is 32.6 Å². The number of nitrogen functional groups attached to an aromatic ring is 1. The van der Waals surface area contributed by atoms with Crippen molar-refractivity contribution >= 4 is 21.7 Å². The van der Waals surface area contributed by atoms with Gasteiger partial charge in [-0.2, -0.15) is 5.10 Å². The number of aryl methyl sites for hydroxylation is 2. The average molecular weight is 332 g/mol.